The van der Waals surface area contributed by atoms with Gasteiger partial charge in [0.1, 0.15) is 18.1 Å². The van der Waals surface area contributed by atoms with Crippen molar-refractivity contribution in [2.75, 3.05) is 39.8 Å². The van der Waals surface area contributed by atoms with Gasteiger partial charge in [0.25, 0.3) is 0 Å². The third kappa shape index (κ3) is 5.48. The Morgan fingerprint density at radius 2 is 1.80 bits per heavy atom. The molecule has 20 heavy (non-hydrogen) atoms. The molecule has 0 heterocycles. The minimum absolute atomic E-state index is 0.100. The average molecular weight is 280 g/mol. The molecular weight excluding hydrogens is 256 g/mol. The van der Waals surface area contributed by atoms with Crippen LogP contribution in [-0.2, 0) is 4.79 Å². The summed E-state index contributed by atoms with van der Waals surface area (Å²) < 4.78 is 5.52. The van der Waals surface area contributed by atoms with Gasteiger partial charge >= 0.3 is 0 Å². The smallest absolute Gasteiger partial charge is 0.236 e. The van der Waals surface area contributed by atoms with E-state index in [-0.39, 0.29) is 11.7 Å². The van der Waals surface area contributed by atoms with Crippen LogP contribution in [-0.4, -0.2) is 60.6 Å². The summed E-state index contributed by atoms with van der Waals surface area (Å²) in [6, 6.07) is 6.55. The highest BCUT2D eigenvalue weighted by atomic mass is 16.5. The van der Waals surface area contributed by atoms with E-state index in [1.54, 1.807) is 36.2 Å². The molecule has 1 amide bonds. The Morgan fingerprint density at radius 1 is 1.20 bits per heavy atom. The summed E-state index contributed by atoms with van der Waals surface area (Å²) in [6.07, 6.45) is 0. The molecule has 0 radical (unpaired) electrons. The fourth-order valence-corrected chi connectivity index (χ4v) is 1.73. The number of ether oxygens (including phenoxy) is 1. The summed E-state index contributed by atoms with van der Waals surface area (Å²) in [5, 5.41) is 9.16. The van der Waals surface area contributed by atoms with Crippen LogP contribution in [0.2, 0.25) is 0 Å². The van der Waals surface area contributed by atoms with Crippen LogP contribution in [0, 0.1) is 0 Å². The zero-order valence-electron chi connectivity index (χ0n) is 12.5. The van der Waals surface area contributed by atoms with Gasteiger partial charge in [0.2, 0.25) is 5.91 Å². The van der Waals surface area contributed by atoms with Gasteiger partial charge in [-0.2, -0.15) is 0 Å². The van der Waals surface area contributed by atoms with E-state index in [0.717, 1.165) is 13.1 Å². The first-order valence-corrected chi connectivity index (χ1v) is 6.95. The van der Waals surface area contributed by atoms with Gasteiger partial charge in [0.15, 0.2) is 0 Å². The highest BCUT2D eigenvalue weighted by molar-refractivity contribution is 5.77. The van der Waals surface area contributed by atoms with E-state index < -0.39 is 0 Å². The van der Waals surface area contributed by atoms with Crippen molar-refractivity contribution in [2.24, 2.45) is 0 Å². The molecule has 0 aromatic heterocycles. The first-order chi connectivity index (χ1) is 9.56. The van der Waals surface area contributed by atoms with Crippen LogP contribution in [0.4, 0.5) is 0 Å². The lowest BCUT2D eigenvalue weighted by Gasteiger charge is -2.22. The van der Waals surface area contributed by atoms with Gasteiger partial charge in [0, 0.05) is 7.05 Å². The molecule has 1 aromatic carbocycles. The minimum Gasteiger partial charge on any atom is -0.508 e. The number of hydrogen-bond donors (Lipinski definition) is 1. The van der Waals surface area contributed by atoms with Gasteiger partial charge < -0.3 is 14.7 Å². The van der Waals surface area contributed by atoms with Crippen molar-refractivity contribution in [3.05, 3.63) is 24.3 Å². The molecule has 0 unspecified atom stereocenters. The maximum absolute atomic E-state index is 12.0. The van der Waals surface area contributed by atoms with Gasteiger partial charge in [-0.15, -0.1) is 0 Å². The number of carbonyl (C=O) groups is 1. The van der Waals surface area contributed by atoms with Crippen LogP contribution >= 0.6 is 0 Å². The number of aromatic hydroxyl groups is 1. The normalized spacial score (nSPS) is 10.6. The molecule has 0 spiro atoms. The Kier molecular flexibility index (Phi) is 6.87. The zero-order chi connectivity index (χ0) is 15.0. The molecule has 1 aromatic rings. The number of hydrogen-bond acceptors (Lipinski definition) is 4. The molecule has 0 saturated heterocycles. The predicted molar refractivity (Wildman–Crippen MR) is 79.0 cm³/mol. The third-order valence-corrected chi connectivity index (χ3v) is 3.21. The van der Waals surface area contributed by atoms with Crippen LogP contribution in [0.5, 0.6) is 11.5 Å². The van der Waals surface area contributed by atoms with Crippen molar-refractivity contribution in [3.8, 4) is 11.5 Å². The van der Waals surface area contributed by atoms with Crippen molar-refractivity contribution in [3.63, 3.8) is 0 Å². The first-order valence-electron chi connectivity index (χ1n) is 6.95. The van der Waals surface area contributed by atoms with Crippen molar-refractivity contribution in [2.45, 2.75) is 13.8 Å². The van der Waals surface area contributed by atoms with Gasteiger partial charge in [0.05, 0.1) is 13.1 Å². The third-order valence-electron chi connectivity index (χ3n) is 3.21. The van der Waals surface area contributed by atoms with Gasteiger partial charge in [-0.3, -0.25) is 9.69 Å². The summed E-state index contributed by atoms with van der Waals surface area (Å²) in [6.45, 7) is 7.27. The quantitative estimate of drug-likeness (QED) is 0.785. The van der Waals surface area contributed by atoms with Crippen LogP contribution in [0.3, 0.4) is 0 Å². The van der Waals surface area contributed by atoms with Crippen molar-refractivity contribution < 1.29 is 14.6 Å². The van der Waals surface area contributed by atoms with E-state index in [0.29, 0.717) is 25.4 Å². The number of benzene rings is 1. The van der Waals surface area contributed by atoms with Gasteiger partial charge in [-0.25, -0.2) is 0 Å². The molecule has 1 rings (SSSR count). The summed E-state index contributed by atoms with van der Waals surface area (Å²) in [5.41, 5.74) is 0. The molecule has 0 aliphatic rings. The maximum atomic E-state index is 12.0. The van der Waals surface area contributed by atoms with Crippen molar-refractivity contribution in [1.82, 2.24) is 9.80 Å². The summed E-state index contributed by atoms with van der Waals surface area (Å²) >= 11 is 0. The molecule has 0 saturated carbocycles. The second-order valence-corrected chi connectivity index (χ2v) is 4.62. The fourth-order valence-electron chi connectivity index (χ4n) is 1.73. The van der Waals surface area contributed by atoms with E-state index in [9.17, 15) is 4.79 Å². The van der Waals surface area contributed by atoms with E-state index in [2.05, 4.69) is 4.90 Å². The Hall–Kier alpha value is -1.75. The molecule has 0 atom stereocenters. The molecule has 0 aliphatic heterocycles. The maximum Gasteiger partial charge on any atom is 0.236 e. The van der Waals surface area contributed by atoms with Crippen LogP contribution in [0.1, 0.15) is 13.8 Å². The molecule has 0 bridgehead atoms. The van der Waals surface area contributed by atoms with E-state index in [4.69, 9.17) is 9.84 Å². The first kappa shape index (κ1) is 16.3. The summed E-state index contributed by atoms with van der Waals surface area (Å²) in [5.74, 6) is 0.999. The molecule has 5 heteroatoms. The van der Waals surface area contributed by atoms with Crippen LogP contribution < -0.4 is 4.74 Å². The average Bonchev–Trinajstić information content (AvgIpc) is 2.46. The highest BCUT2D eigenvalue weighted by Gasteiger charge is 2.11. The molecule has 112 valence electrons. The standard InChI is InChI=1S/C15H24N2O3/c1-4-17(5-2)12-15(19)16(3)10-11-20-14-8-6-13(18)7-9-14/h6-9,18H,4-5,10-12H2,1-3H3. The van der Waals surface area contributed by atoms with Gasteiger partial charge in [-0.05, 0) is 37.4 Å². The molecule has 5 nitrogen and oxygen atoms in total. The Labute approximate surface area is 120 Å². The van der Waals surface area contributed by atoms with Crippen LogP contribution in [0.25, 0.3) is 0 Å². The SMILES string of the molecule is CCN(CC)CC(=O)N(C)CCOc1ccc(O)cc1. The number of nitrogens with zero attached hydrogens (tertiary/aromatic N) is 2. The van der Waals surface area contributed by atoms with Crippen molar-refractivity contribution >= 4 is 5.91 Å². The predicted octanol–water partition coefficient (Wildman–Crippen LogP) is 1.57. The lowest BCUT2D eigenvalue weighted by Crippen LogP contribution is -2.39. The highest BCUT2D eigenvalue weighted by Crippen LogP contribution is 2.15. The zero-order valence-corrected chi connectivity index (χ0v) is 12.5. The summed E-state index contributed by atoms with van der Waals surface area (Å²) in [7, 11) is 1.78. The Balaban J connectivity index is 2.30. The van der Waals surface area contributed by atoms with Crippen LogP contribution in [0.15, 0.2) is 24.3 Å². The molecular formula is C15H24N2O3. The molecule has 0 fully saturated rings. The molecule has 0 aliphatic carbocycles. The second kappa shape index (κ2) is 8.43. The van der Waals surface area contributed by atoms with E-state index in [1.165, 1.54) is 0 Å². The second-order valence-electron chi connectivity index (χ2n) is 4.62. The van der Waals surface area contributed by atoms with E-state index in [1.807, 2.05) is 13.8 Å². The lowest BCUT2D eigenvalue weighted by molar-refractivity contribution is -0.131. The Morgan fingerprint density at radius 3 is 2.35 bits per heavy atom. The van der Waals surface area contributed by atoms with Crippen molar-refractivity contribution in [1.29, 1.82) is 0 Å². The Bertz CT molecular complexity index is 402. The monoisotopic (exact) mass is 280 g/mol. The van der Waals surface area contributed by atoms with E-state index >= 15 is 0 Å². The summed E-state index contributed by atoms with van der Waals surface area (Å²) in [4.78, 5) is 15.7. The van der Waals surface area contributed by atoms with Gasteiger partial charge in [-0.1, -0.05) is 13.8 Å². The number of rotatable bonds is 8. The fraction of sp³-hybridized carbons (Fsp3) is 0.533. The lowest BCUT2D eigenvalue weighted by atomic mass is 10.3. The number of phenolic OH excluding ortho intramolecular Hbond substituents is 1. The number of likely N-dealkylation sites (N-methyl/N-ethyl adjacent to an activating group) is 2. The molecule has 1 N–H and O–H groups in total. The topological polar surface area (TPSA) is 53.0 Å². The number of carbonyl (C=O) groups excluding carboxylic acids is 1. The minimum atomic E-state index is 0.100. The largest absolute Gasteiger partial charge is 0.508 e. The number of amides is 1. The number of phenols is 1.